The van der Waals surface area contributed by atoms with Crippen LogP contribution in [0.25, 0.3) is 0 Å². The van der Waals surface area contributed by atoms with E-state index in [1.165, 1.54) is 38.1 Å². The zero-order valence-corrected chi connectivity index (χ0v) is 19.5. The highest BCUT2D eigenvalue weighted by atomic mass is 32.2. The summed E-state index contributed by atoms with van der Waals surface area (Å²) in [7, 11) is -4.61. The Morgan fingerprint density at radius 2 is 1.76 bits per heavy atom. The van der Waals surface area contributed by atoms with Crippen molar-refractivity contribution in [1.29, 1.82) is 0 Å². The minimum atomic E-state index is -4.90. The Bertz CT molecular complexity index is 1190. The average Bonchev–Trinajstić information content (AvgIpc) is 3.35. The molecule has 4 rings (SSSR count). The average molecular weight is 500 g/mol. The van der Waals surface area contributed by atoms with Crippen LogP contribution in [0.2, 0.25) is 0 Å². The molecule has 0 aliphatic carbocycles. The summed E-state index contributed by atoms with van der Waals surface area (Å²) in [6, 6.07) is 10.3. The molecule has 2 aliphatic heterocycles. The highest BCUT2D eigenvalue weighted by molar-refractivity contribution is 7.92. The van der Waals surface area contributed by atoms with Crippen LogP contribution in [-0.2, 0) is 20.6 Å². The van der Waals surface area contributed by atoms with Crippen molar-refractivity contribution in [1.82, 2.24) is 4.90 Å². The summed E-state index contributed by atoms with van der Waals surface area (Å²) in [4.78, 5) is 15.3. The number of piperazine rings is 1. The molecule has 2 aromatic carbocycles. The molecule has 34 heavy (non-hydrogen) atoms. The third-order valence-corrected chi connectivity index (χ3v) is 8.02. The fourth-order valence-corrected chi connectivity index (χ4v) is 6.38. The van der Waals surface area contributed by atoms with Crippen molar-refractivity contribution in [3.63, 3.8) is 0 Å². The van der Waals surface area contributed by atoms with Crippen molar-refractivity contribution in [2.75, 3.05) is 28.8 Å². The molecule has 0 spiro atoms. The number of benzene rings is 2. The van der Waals surface area contributed by atoms with E-state index >= 15 is 4.39 Å². The fraction of sp³-hybridized carbons (Fsp3) is 0.435. The molecule has 6 nitrogen and oxygen atoms in total. The minimum Gasteiger partial charge on any atom is -0.363 e. The number of nitrogens with zero attached hydrogens (tertiary/aromatic N) is 3. The summed E-state index contributed by atoms with van der Waals surface area (Å²) in [6.45, 7) is 1.62. The number of rotatable bonds is 6. The van der Waals surface area contributed by atoms with Crippen molar-refractivity contribution in [3.05, 3.63) is 59.4 Å². The summed E-state index contributed by atoms with van der Waals surface area (Å²) in [5, 5.41) is 0. The molecule has 2 atom stereocenters. The molecule has 2 fully saturated rings. The van der Waals surface area contributed by atoms with Gasteiger partial charge in [0.25, 0.3) is 0 Å². The van der Waals surface area contributed by atoms with Gasteiger partial charge in [0.05, 0.1) is 17.5 Å². The fourth-order valence-electron chi connectivity index (χ4n) is 4.81. The van der Waals surface area contributed by atoms with Gasteiger partial charge in [0.2, 0.25) is 15.9 Å². The number of sulfonamides is 1. The van der Waals surface area contributed by atoms with Gasteiger partial charge in [0.15, 0.2) is 5.82 Å². The van der Waals surface area contributed by atoms with Gasteiger partial charge in [0.1, 0.15) is 12.2 Å². The monoisotopic (exact) mass is 499 g/mol. The second kappa shape index (κ2) is 8.75. The van der Waals surface area contributed by atoms with E-state index in [9.17, 15) is 26.4 Å². The molecule has 11 heteroatoms. The van der Waals surface area contributed by atoms with Crippen LogP contribution in [-0.4, -0.2) is 57.1 Å². The van der Waals surface area contributed by atoms with Crippen LogP contribution in [0.5, 0.6) is 0 Å². The number of amides is 1. The van der Waals surface area contributed by atoms with Crippen molar-refractivity contribution in [2.24, 2.45) is 0 Å². The lowest BCUT2D eigenvalue weighted by Gasteiger charge is -2.38. The van der Waals surface area contributed by atoms with Crippen molar-refractivity contribution in [3.8, 4) is 0 Å². The zero-order chi connectivity index (χ0) is 24.8. The first kappa shape index (κ1) is 24.3. The summed E-state index contributed by atoms with van der Waals surface area (Å²) >= 11 is 0. The van der Waals surface area contributed by atoms with E-state index in [1.54, 1.807) is 28.0 Å². The summed E-state index contributed by atoms with van der Waals surface area (Å²) < 4.78 is 83.1. The largest absolute Gasteiger partial charge is 0.407 e. The molecule has 2 heterocycles. The predicted octanol–water partition coefficient (Wildman–Crippen LogP) is 3.84. The van der Waals surface area contributed by atoms with Gasteiger partial charge in [0, 0.05) is 26.1 Å². The molecule has 0 radical (unpaired) electrons. The lowest BCUT2D eigenvalue weighted by molar-refractivity contribution is -0.129. The van der Waals surface area contributed by atoms with E-state index in [0.717, 1.165) is 0 Å². The minimum absolute atomic E-state index is 0.0376. The van der Waals surface area contributed by atoms with Gasteiger partial charge in [-0.25, -0.2) is 12.8 Å². The van der Waals surface area contributed by atoms with Crippen LogP contribution in [0, 0.1) is 12.7 Å². The van der Waals surface area contributed by atoms with Crippen molar-refractivity contribution < 1.29 is 30.8 Å². The van der Waals surface area contributed by atoms with Gasteiger partial charge >= 0.3 is 6.18 Å². The maximum atomic E-state index is 15.5. The lowest BCUT2D eigenvalue weighted by Crippen LogP contribution is -2.49. The van der Waals surface area contributed by atoms with Gasteiger partial charge in [-0.15, -0.1) is 0 Å². The topological polar surface area (TPSA) is 60.9 Å². The number of hydrogen-bond donors (Lipinski definition) is 0. The van der Waals surface area contributed by atoms with Crippen LogP contribution < -0.4 is 9.21 Å². The molecule has 2 saturated heterocycles. The first-order chi connectivity index (χ1) is 15.9. The van der Waals surface area contributed by atoms with Crippen LogP contribution in [0.15, 0.2) is 42.5 Å². The second-order valence-corrected chi connectivity index (χ2v) is 10.7. The quantitative estimate of drug-likeness (QED) is 0.567. The third kappa shape index (κ3) is 4.70. The highest BCUT2D eigenvalue weighted by Gasteiger charge is 2.47. The molecule has 0 saturated carbocycles. The standard InChI is InChI=1S/C23H25F4N3O3S/c1-15-8-9-20(29-12-18-10-19(29)11-28(18)16(2)31)22(21(15)24)30(14-23(25,26)27)34(32,33)13-17-6-4-3-5-7-17/h3-9,18-19H,10-14H2,1-2H3/t18-,19-/m0/s1. The van der Waals surface area contributed by atoms with Crippen LogP contribution in [0.1, 0.15) is 24.5 Å². The molecule has 0 N–H and O–H groups in total. The normalized spacial score (nSPS) is 20.2. The Kier molecular flexibility index (Phi) is 6.26. The number of aryl methyl sites for hydroxylation is 1. The molecular formula is C23H25F4N3O3S. The number of likely N-dealkylation sites (tertiary alicyclic amines) is 1. The molecule has 1 amide bonds. The maximum Gasteiger partial charge on any atom is 0.407 e. The van der Waals surface area contributed by atoms with Crippen molar-refractivity contribution >= 4 is 27.3 Å². The lowest BCUT2D eigenvalue weighted by atomic mass is 10.1. The Morgan fingerprint density at radius 3 is 2.32 bits per heavy atom. The third-order valence-electron chi connectivity index (χ3n) is 6.34. The Balaban J connectivity index is 1.79. The Hall–Kier alpha value is -2.82. The van der Waals surface area contributed by atoms with Gasteiger partial charge < -0.3 is 9.80 Å². The Labute approximate surface area is 195 Å². The highest BCUT2D eigenvalue weighted by Crippen LogP contribution is 2.43. The number of carbonyl (C=O) groups excluding carboxylic acids is 1. The van der Waals surface area contributed by atoms with Crippen molar-refractivity contribution in [2.45, 2.75) is 44.3 Å². The van der Waals surface area contributed by atoms with Gasteiger partial charge in [-0.05, 0) is 30.5 Å². The van der Waals surface area contributed by atoms with E-state index in [4.69, 9.17) is 0 Å². The summed E-state index contributed by atoms with van der Waals surface area (Å²) in [6.07, 6.45) is -4.31. The van der Waals surface area contributed by atoms with Crippen LogP contribution in [0.3, 0.4) is 0 Å². The number of halogens is 4. The zero-order valence-electron chi connectivity index (χ0n) is 18.7. The number of alkyl halides is 3. The van der Waals surface area contributed by atoms with E-state index in [0.29, 0.717) is 25.1 Å². The Morgan fingerprint density at radius 1 is 1.09 bits per heavy atom. The van der Waals surface area contributed by atoms with E-state index in [2.05, 4.69) is 0 Å². The van der Waals surface area contributed by atoms with Gasteiger partial charge in [-0.2, -0.15) is 13.2 Å². The molecule has 184 valence electrons. The van der Waals surface area contributed by atoms with Gasteiger partial charge in [-0.3, -0.25) is 9.10 Å². The maximum absolute atomic E-state index is 15.5. The van der Waals surface area contributed by atoms with E-state index in [-0.39, 0.29) is 33.5 Å². The molecule has 2 bridgehead atoms. The smallest absolute Gasteiger partial charge is 0.363 e. The first-order valence-corrected chi connectivity index (χ1v) is 12.4. The summed E-state index contributed by atoms with van der Waals surface area (Å²) in [5.41, 5.74) is -0.188. The molecule has 0 aromatic heterocycles. The van der Waals surface area contributed by atoms with E-state index in [1.807, 2.05) is 0 Å². The summed E-state index contributed by atoms with van der Waals surface area (Å²) in [5.74, 6) is -1.82. The molecule has 2 aliphatic rings. The number of anilines is 2. The van der Waals surface area contributed by atoms with Gasteiger partial charge in [-0.1, -0.05) is 36.4 Å². The first-order valence-electron chi connectivity index (χ1n) is 10.8. The van der Waals surface area contributed by atoms with Crippen LogP contribution in [0.4, 0.5) is 28.9 Å². The number of carbonyl (C=O) groups is 1. The number of hydrogen-bond acceptors (Lipinski definition) is 4. The van der Waals surface area contributed by atoms with Crippen LogP contribution >= 0.6 is 0 Å². The molecular weight excluding hydrogens is 474 g/mol. The second-order valence-electron chi connectivity index (χ2n) is 8.79. The molecule has 2 aromatic rings. The SMILES string of the molecule is CC(=O)N1C[C@@H]2C[C@H]1CN2c1ccc(C)c(F)c1N(CC(F)(F)F)S(=O)(=O)Cc1ccccc1. The number of fused-ring (bicyclic) bond motifs is 2. The molecule has 0 unspecified atom stereocenters. The van der Waals surface area contributed by atoms with E-state index < -0.39 is 40.0 Å². The predicted molar refractivity (Wildman–Crippen MR) is 121 cm³/mol.